The van der Waals surface area contributed by atoms with Crippen molar-refractivity contribution in [2.75, 3.05) is 12.3 Å². The molecule has 0 unspecified atom stereocenters. The number of nitrogens with zero attached hydrogens (tertiary/aromatic N) is 1. The van der Waals surface area contributed by atoms with Crippen LogP contribution in [-0.2, 0) is 6.42 Å². The molecule has 6 nitrogen and oxygen atoms in total. The summed E-state index contributed by atoms with van der Waals surface area (Å²) in [5, 5.41) is 18.1. The van der Waals surface area contributed by atoms with Crippen LogP contribution in [0.2, 0.25) is 0 Å². The summed E-state index contributed by atoms with van der Waals surface area (Å²) in [6.07, 6.45) is 5.46. The van der Waals surface area contributed by atoms with Crippen molar-refractivity contribution in [1.82, 2.24) is 0 Å². The number of ether oxygens (including phenoxy) is 1. The monoisotopic (exact) mass is 385 g/mol. The molecule has 0 bridgehead atoms. The molecule has 1 aromatic carbocycles. The topological polar surface area (TPSA) is 83.1 Å². The fourth-order valence-electron chi connectivity index (χ4n) is 3.09. The van der Waals surface area contributed by atoms with Crippen molar-refractivity contribution in [1.29, 1.82) is 0 Å². The summed E-state index contributed by atoms with van der Waals surface area (Å²) in [6, 6.07) is 6.84. The third-order valence-electron chi connectivity index (χ3n) is 4.56. The largest absolute Gasteiger partial charge is 0.496 e. The molecule has 0 radical (unpaired) electrons. The van der Waals surface area contributed by atoms with Gasteiger partial charge in [-0.05, 0) is 51.8 Å². The standard InChI is InChI=1S/C22H27NO5/c1-14(6-11-20-16(3)21(27-5)17(4)22(24)28-20)12-15(2)13-18-7-9-19(10-8-18)23(25)26/h7-10,12-13,25-26H,6,11H2,1-5H3. The maximum Gasteiger partial charge on any atom is 0.342 e. The van der Waals surface area contributed by atoms with Gasteiger partial charge in [0.1, 0.15) is 11.5 Å². The second-order valence-corrected chi connectivity index (χ2v) is 6.86. The fraction of sp³-hybridized carbons (Fsp3) is 0.318. The van der Waals surface area contributed by atoms with Crippen LogP contribution in [0.3, 0.4) is 0 Å². The quantitative estimate of drug-likeness (QED) is 0.524. The molecule has 0 saturated carbocycles. The van der Waals surface area contributed by atoms with Gasteiger partial charge < -0.3 is 9.15 Å². The van der Waals surface area contributed by atoms with E-state index in [0.717, 1.165) is 28.7 Å². The lowest BCUT2D eigenvalue weighted by molar-refractivity contribution is 0.0291. The maximum atomic E-state index is 12.0. The average Bonchev–Trinajstić information content (AvgIpc) is 2.64. The molecule has 0 fully saturated rings. The van der Waals surface area contributed by atoms with Crippen molar-refractivity contribution in [2.45, 2.75) is 40.5 Å². The minimum absolute atomic E-state index is 0.0881. The van der Waals surface area contributed by atoms with Crippen LogP contribution < -0.4 is 15.6 Å². The smallest absolute Gasteiger partial charge is 0.342 e. The molecular weight excluding hydrogens is 358 g/mol. The summed E-state index contributed by atoms with van der Waals surface area (Å²) >= 11 is 0. The lowest BCUT2D eigenvalue weighted by atomic mass is 10.0. The average molecular weight is 385 g/mol. The highest BCUT2D eigenvalue weighted by molar-refractivity contribution is 5.58. The van der Waals surface area contributed by atoms with Gasteiger partial charge in [-0.25, -0.2) is 4.79 Å². The van der Waals surface area contributed by atoms with E-state index < -0.39 is 0 Å². The van der Waals surface area contributed by atoms with Gasteiger partial charge in [0.2, 0.25) is 0 Å². The zero-order valence-corrected chi connectivity index (χ0v) is 16.9. The molecule has 0 aliphatic carbocycles. The molecule has 28 heavy (non-hydrogen) atoms. The Hall–Kier alpha value is -2.83. The molecule has 1 heterocycles. The van der Waals surface area contributed by atoms with E-state index in [1.54, 1.807) is 38.3 Å². The molecular formula is C22H27NO5. The van der Waals surface area contributed by atoms with E-state index in [1.165, 1.54) is 0 Å². The summed E-state index contributed by atoms with van der Waals surface area (Å²) in [5.74, 6) is 1.24. The van der Waals surface area contributed by atoms with Gasteiger partial charge in [0.05, 0.1) is 18.4 Å². The molecule has 0 atom stereocenters. The SMILES string of the molecule is COc1c(C)c(CCC(C)=CC(C)=Cc2ccc(N(O)O)cc2)oc(=O)c1C. The second-order valence-electron chi connectivity index (χ2n) is 6.86. The summed E-state index contributed by atoms with van der Waals surface area (Å²) < 4.78 is 10.8. The first kappa shape index (κ1) is 21.5. The Morgan fingerprint density at radius 2 is 1.79 bits per heavy atom. The van der Waals surface area contributed by atoms with Gasteiger partial charge in [0.15, 0.2) is 0 Å². The number of hydrogen-bond donors (Lipinski definition) is 2. The van der Waals surface area contributed by atoms with E-state index in [0.29, 0.717) is 29.2 Å². The molecule has 150 valence electrons. The van der Waals surface area contributed by atoms with Crippen LogP contribution in [0.25, 0.3) is 6.08 Å². The molecule has 0 aliphatic rings. The number of anilines is 1. The van der Waals surface area contributed by atoms with Gasteiger partial charge in [0.25, 0.3) is 0 Å². The summed E-state index contributed by atoms with van der Waals surface area (Å²) in [7, 11) is 1.56. The second kappa shape index (κ2) is 9.39. The number of hydrogen-bond acceptors (Lipinski definition) is 6. The highest BCUT2D eigenvalue weighted by Crippen LogP contribution is 2.25. The molecule has 2 aromatic rings. The van der Waals surface area contributed by atoms with Gasteiger partial charge in [-0.3, -0.25) is 10.4 Å². The summed E-state index contributed by atoms with van der Waals surface area (Å²) in [6.45, 7) is 7.64. The third kappa shape index (κ3) is 5.34. The number of allylic oxidation sites excluding steroid dienone is 3. The third-order valence-corrected chi connectivity index (χ3v) is 4.56. The van der Waals surface area contributed by atoms with Gasteiger partial charge in [-0.2, -0.15) is 0 Å². The number of aryl methyl sites for hydroxylation is 1. The van der Waals surface area contributed by atoms with Crippen LogP contribution in [0.5, 0.6) is 5.75 Å². The Morgan fingerprint density at radius 1 is 1.14 bits per heavy atom. The molecule has 2 rings (SSSR count). The zero-order chi connectivity index (χ0) is 20.8. The Kier molecular flexibility index (Phi) is 7.20. The van der Waals surface area contributed by atoms with Crippen LogP contribution in [-0.4, -0.2) is 17.5 Å². The predicted molar refractivity (Wildman–Crippen MR) is 109 cm³/mol. The zero-order valence-electron chi connectivity index (χ0n) is 16.9. The lowest BCUT2D eigenvalue weighted by Gasteiger charge is -2.11. The number of methoxy groups -OCH3 is 1. The highest BCUT2D eigenvalue weighted by Gasteiger charge is 2.14. The van der Waals surface area contributed by atoms with E-state index >= 15 is 0 Å². The minimum atomic E-state index is -0.358. The van der Waals surface area contributed by atoms with Crippen LogP contribution >= 0.6 is 0 Å². The molecule has 6 heteroatoms. The lowest BCUT2D eigenvalue weighted by Crippen LogP contribution is -2.10. The number of benzene rings is 1. The molecule has 0 aliphatic heterocycles. The summed E-state index contributed by atoms with van der Waals surface area (Å²) in [5.41, 5.74) is 4.47. The number of rotatable bonds is 7. The molecule has 0 saturated heterocycles. The van der Waals surface area contributed by atoms with Crippen molar-refractivity contribution in [3.63, 3.8) is 0 Å². The molecule has 0 amide bonds. The van der Waals surface area contributed by atoms with Gasteiger partial charge in [0, 0.05) is 12.0 Å². The molecule has 1 aromatic heterocycles. The Morgan fingerprint density at radius 3 is 2.36 bits per heavy atom. The van der Waals surface area contributed by atoms with Crippen LogP contribution in [0.15, 0.2) is 50.7 Å². The Bertz CT molecular complexity index is 937. The van der Waals surface area contributed by atoms with Gasteiger partial charge in [-0.15, -0.1) is 5.23 Å². The Balaban J connectivity index is 2.10. The van der Waals surface area contributed by atoms with E-state index in [1.807, 2.05) is 26.8 Å². The maximum absolute atomic E-state index is 12.0. The first-order valence-electron chi connectivity index (χ1n) is 9.03. The van der Waals surface area contributed by atoms with Crippen molar-refractivity contribution in [3.8, 4) is 5.75 Å². The van der Waals surface area contributed by atoms with E-state index in [4.69, 9.17) is 19.6 Å². The predicted octanol–water partition coefficient (Wildman–Crippen LogP) is 4.83. The van der Waals surface area contributed by atoms with Crippen LogP contribution in [0.4, 0.5) is 5.69 Å². The highest BCUT2D eigenvalue weighted by atomic mass is 16.8. The van der Waals surface area contributed by atoms with Crippen LogP contribution in [0.1, 0.15) is 42.7 Å². The molecule has 0 spiro atoms. The first-order valence-corrected chi connectivity index (χ1v) is 9.03. The normalized spacial score (nSPS) is 12.2. The minimum Gasteiger partial charge on any atom is -0.496 e. The van der Waals surface area contributed by atoms with E-state index in [9.17, 15) is 4.79 Å². The molecule has 2 N–H and O–H groups in total. The van der Waals surface area contributed by atoms with Crippen LogP contribution in [0, 0.1) is 13.8 Å². The van der Waals surface area contributed by atoms with E-state index in [-0.39, 0.29) is 10.9 Å². The van der Waals surface area contributed by atoms with Crippen molar-refractivity contribution >= 4 is 11.8 Å². The van der Waals surface area contributed by atoms with Crippen molar-refractivity contribution < 1.29 is 19.6 Å². The Labute approximate surface area is 164 Å². The van der Waals surface area contributed by atoms with Gasteiger partial charge >= 0.3 is 5.63 Å². The van der Waals surface area contributed by atoms with Crippen molar-refractivity contribution in [2.24, 2.45) is 0 Å². The van der Waals surface area contributed by atoms with E-state index in [2.05, 4.69) is 6.08 Å². The van der Waals surface area contributed by atoms with Crippen molar-refractivity contribution in [3.05, 3.63) is 74.4 Å². The fourth-order valence-corrected chi connectivity index (χ4v) is 3.09. The van der Waals surface area contributed by atoms with Gasteiger partial charge in [-0.1, -0.05) is 35.4 Å². The summed E-state index contributed by atoms with van der Waals surface area (Å²) in [4.78, 5) is 12.0. The first-order chi connectivity index (χ1) is 13.2.